The van der Waals surface area contributed by atoms with E-state index in [1.54, 1.807) is 36.4 Å². The van der Waals surface area contributed by atoms with E-state index < -0.39 is 10.0 Å². The summed E-state index contributed by atoms with van der Waals surface area (Å²) in [6.07, 6.45) is 0. The maximum absolute atomic E-state index is 12.3. The molecule has 0 aliphatic rings. The number of rotatable bonds is 10. The van der Waals surface area contributed by atoms with Crippen LogP contribution in [0.1, 0.15) is 29.8 Å². The zero-order valence-electron chi connectivity index (χ0n) is 17.8. The zero-order valence-corrected chi connectivity index (χ0v) is 18.6. The molecular formula is C21H28N4O5S. The number of nitrogens with one attached hydrogen (secondary N) is 4. The summed E-state index contributed by atoms with van der Waals surface area (Å²) >= 11 is 0. The largest absolute Gasteiger partial charge is 0.497 e. The minimum absolute atomic E-state index is 0.0479. The molecule has 0 aliphatic heterocycles. The third-order valence-electron chi connectivity index (χ3n) is 4.16. The van der Waals surface area contributed by atoms with Crippen molar-refractivity contribution in [1.29, 1.82) is 0 Å². The Balaban J connectivity index is 1.77. The second kappa shape index (κ2) is 11.3. The van der Waals surface area contributed by atoms with Crippen LogP contribution >= 0.6 is 0 Å². The van der Waals surface area contributed by atoms with Gasteiger partial charge in [0.2, 0.25) is 10.0 Å². The van der Waals surface area contributed by atoms with E-state index in [0.717, 1.165) is 5.56 Å². The van der Waals surface area contributed by atoms with E-state index in [9.17, 15) is 18.0 Å². The van der Waals surface area contributed by atoms with Gasteiger partial charge in [0.25, 0.3) is 5.91 Å². The molecule has 10 heteroatoms. The first-order valence-corrected chi connectivity index (χ1v) is 11.2. The first kappa shape index (κ1) is 24.2. The third kappa shape index (κ3) is 7.91. The number of hydrogen-bond acceptors (Lipinski definition) is 5. The van der Waals surface area contributed by atoms with Crippen LogP contribution < -0.4 is 25.4 Å². The van der Waals surface area contributed by atoms with E-state index in [-0.39, 0.29) is 36.0 Å². The van der Waals surface area contributed by atoms with Crippen LogP contribution in [0.5, 0.6) is 5.75 Å². The second-order valence-electron chi connectivity index (χ2n) is 7.01. The topological polar surface area (TPSA) is 126 Å². The summed E-state index contributed by atoms with van der Waals surface area (Å²) in [5.41, 5.74) is 1.29. The number of ether oxygens (including phenoxy) is 1. The lowest BCUT2D eigenvalue weighted by molar-refractivity contribution is 0.0954. The molecule has 0 atom stereocenters. The maximum atomic E-state index is 12.3. The maximum Gasteiger partial charge on any atom is 0.315 e. The van der Waals surface area contributed by atoms with Crippen molar-refractivity contribution >= 4 is 22.0 Å². The van der Waals surface area contributed by atoms with Crippen molar-refractivity contribution in [3.8, 4) is 5.75 Å². The van der Waals surface area contributed by atoms with Crippen LogP contribution in [-0.4, -0.2) is 46.6 Å². The SMILES string of the molecule is COc1ccc(S(=O)(=O)NCCNC(=O)c2ccc(CNC(=O)NC(C)C)cc2)cc1. The van der Waals surface area contributed by atoms with Crippen molar-refractivity contribution in [3.63, 3.8) is 0 Å². The highest BCUT2D eigenvalue weighted by atomic mass is 32.2. The molecule has 0 bridgehead atoms. The first-order chi connectivity index (χ1) is 14.7. The number of urea groups is 1. The van der Waals surface area contributed by atoms with Crippen LogP contribution in [0.3, 0.4) is 0 Å². The summed E-state index contributed by atoms with van der Waals surface area (Å²) in [6, 6.07) is 12.6. The van der Waals surface area contributed by atoms with Crippen molar-refractivity contribution < 1.29 is 22.7 Å². The monoisotopic (exact) mass is 448 g/mol. The predicted octanol–water partition coefficient (Wildman–Crippen LogP) is 1.61. The Bertz CT molecular complexity index is 974. The minimum atomic E-state index is -3.67. The van der Waals surface area contributed by atoms with Gasteiger partial charge in [-0.1, -0.05) is 12.1 Å². The number of methoxy groups -OCH3 is 1. The van der Waals surface area contributed by atoms with Gasteiger partial charge in [0, 0.05) is 31.2 Å². The summed E-state index contributed by atoms with van der Waals surface area (Å²) < 4.78 is 32.0. The van der Waals surface area contributed by atoms with Gasteiger partial charge in [0.05, 0.1) is 12.0 Å². The normalized spacial score (nSPS) is 11.1. The molecule has 2 aromatic carbocycles. The zero-order chi connectivity index (χ0) is 22.9. The number of carbonyl (C=O) groups is 2. The molecule has 31 heavy (non-hydrogen) atoms. The number of sulfonamides is 1. The molecule has 2 aromatic rings. The Morgan fingerprint density at radius 1 is 0.935 bits per heavy atom. The molecule has 0 unspecified atom stereocenters. The Morgan fingerprint density at radius 3 is 2.16 bits per heavy atom. The van der Waals surface area contributed by atoms with Gasteiger partial charge < -0.3 is 20.7 Å². The van der Waals surface area contributed by atoms with Crippen LogP contribution in [0.2, 0.25) is 0 Å². The van der Waals surface area contributed by atoms with Gasteiger partial charge in [-0.2, -0.15) is 0 Å². The summed E-state index contributed by atoms with van der Waals surface area (Å²) in [4.78, 5) is 23.9. The average molecular weight is 449 g/mol. The molecule has 0 aliphatic carbocycles. The van der Waals surface area contributed by atoms with E-state index in [1.165, 1.54) is 19.2 Å². The fraction of sp³-hybridized carbons (Fsp3) is 0.333. The molecule has 4 N–H and O–H groups in total. The quantitative estimate of drug-likeness (QED) is 0.411. The van der Waals surface area contributed by atoms with E-state index in [1.807, 2.05) is 13.8 Å². The molecule has 0 spiro atoms. The van der Waals surface area contributed by atoms with E-state index in [2.05, 4.69) is 20.7 Å². The summed E-state index contributed by atoms with van der Waals surface area (Å²) in [6.45, 7) is 4.27. The molecule has 168 valence electrons. The average Bonchev–Trinajstić information content (AvgIpc) is 2.75. The van der Waals surface area contributed by atoms with Crippen molar-refractivity contribution in [3.05, 3.63) is 59.7 Å². The Kier molecular flexibility index (Phi) is 8.83. The van der Waals surface area contributed by atoms with E-state index in [4.69, 9.17) is 4.74 Å². The van der Waals surface area contributed by atoms with Crippen LogP contribution in [-0.2, 0) is 16.6 Å². The fourth-order valence-electron chi connectivity index (χ4n) is 2.57. The number of benzene rings is 2. The van der Waals surface area contributed by atoms with E-state index in [0.29, 0.717) is 17.9 Å². The van der Waals surface area contributed by atoms with Gasteiger partial charge in [-0.15, -0.1) is 0 Å². The van der Waals surface area contributed by atoms with Crippen molar-refractivity contribution in [1.82, 2.24) is 20.7 Å². The standard InChI is InChI=1S/C21H28N4O5S/c1-15(2)25-21(27)23-14-16-4-6-17(7-5-16)20(26)22-12-13-24-31(28,29)19-10-8-18(30-3)9-11-19/h4-11,15,24H,12-14H2,1-3H3,(H,22,26)(H2,23,25,27). The number of carbonyl (C=O) groups excluding carboxylic acids is 2. The molecule has 0 heterocycles. The first-order valence-electron chi connectivity index (χ1n) is 9.76. The van der Waals surface area contributed by atoms with Gasteiger partial charge in [-0.25, -0.2) is 17.9 Å². The Hall–Kier alpha value is -3.11. The number of hydrogen-bond donors (Lipinski definition) is 4. The highest BCUT2D eigenvalue weighted by Crippen LogP contribution is 2.15. The molecule has 0 saturated carbocycles. The van der Waals surface area contributed by atoms with Crippen molar-refractivity contribution in [2.24, 2.45) is 0 Å². The van der Waals surface area contributed by atoms with E-state index >= 15 is 0 Å². The highest BCUT2D eigenvalue weighted by molar-refractivity contribution is 7.89. The third-order valence-corrected chi connectivity index (χ3v) is 5.64. The van der Waals surface area contributed by atoms with Crippen LogP contribution in [0.25, 0.3) is 0 Å². The van der Waals surface area contributed by atoms with Crippen LogP contribution in [0.15, 0.2) is 53.4 Å². The van der Waals surface area contributed by atoms with Crippen LogP contribution in [0.4, 0.5) is 4.79 Å². The molecule has 0 fully saturated rings. The minimum Gasteiger partial charge on any atom is -0.497 e. The van der Waals surface area contributed by atoms with Crippen molar-refractivity contribution in [2.45, 2.75) is 31.3 Å². The molecule has 3 amide bonds. The van der Waals surface area contributed by atoms with Gasteiger partial charge in [0.15, 0.2) is 0 Å². The summed E-state index contributed by atoms with van der Waals surface area (Å²) in [7, 11) is -2.17. The smallest absolute Gasteiger partial charge is 0.315 e. The lowest BCUT2D eigenvalue weighted by atomic mass is 10.1. The fourth-order valence-corrected chi connectivity index (χ4v) is 3.60. The lowest BCUT2D eigenvalue weighted by Crippen LogP contribution is -2.39. The molecule has 2 rings (SSSR count). The molecule has 0 aromatic heterocycles. The lowest BCUT2D eigenvalue weighted by Gasteiger charge is -2.11. The molecule has 0 radical (unpaired) electrons. The highest BCUT2D eigenvalue weighted by Gasteiger charge is 2.13. The molecule has 9 nitrogen and oxygen atoms in total. The van der Waals surface area contributed by atoms with Gasteiger partial charge in [-0.3, -0.25) is 4.79 Å². The van der Waals surface area contributed by atoms with Gasteiger partial charge in [-0.05, 0) is 55.8 Å². The predicted molar refractivity (Wildman–Crippen MR) is 117 cm³/mol. The number of amides is 3. The van der Waals surface area contributed by atoms with Gasteiger partial charge in [0.1, 0.15) is 5.75 Å². The van der Waals surface area contributed by atoms with Gasteiger partial charge >= 0.3 is 6.03 Å². The van der Waals surface area contributed by atoms with Crippen LogP contribution in [0, 0.1) is 0 Å². The Labute approximate surface area is 182 Å². The summed E-state index contributed by atoms with van der Waals surface area (Å²) in [5.74, 6) is 0.243. The Morgan fingerprint density at radius 2 is 1.58 bits per heavy atom. The molecule has 0 saturated heterocycles. The molecular weight excluding hydrogens is 420 g/mol. The summed E-state index contributed by atoms with van der Waals surface area (Å²) in [5, 5.41) is 8.13. The second-order valence-corrected chi connectivity index (χ2v) is 8.77. The van der Waals surface area contributed by atoms with Crippen molar-refractivity contribution in [2.75, 3.05) is 20.2 Å².